The van der Waals surface area contributed by atoms with Crippen LogP contribution >= 0.6 is 0 Å². The van der Waals surface area contributed by atoms with Crippen LogP contribution < -0.4 is 10.5 Å². The van der Waals surface area contributed by atoms with E-state index >= 15 is 0 Å². The molecule has 6 heteroatoms. The van der Waals surface area contributed by atoms with Gasteiger partial charge in [0, 0.05) is 13.2 Å². The Morgan fingerprint density at radius 2 is 1.95 bits per heavy atom. The van der Waals surface area contributed by atoms with Crippen molar-refractivity contribution in [3.05, 3.63) is 35.9 Å². The van der Waals surface area contributed by atoms with E-state index in [4.69, 9.17) is 10.5 Å². The number of benzene rings is 1. The first kappa shape index (κ1) is 16.1. The summed E-state index contributed by atoms with van der Waals surface area (Å²) in [5.41, 5.74) is 5.79. The summed E-state index contributed by atoms with van der Waals surface area (Å²) >= 11 is 0. The van der Waals surface area contributed by atoms with Crippen LogP contribution in [0, 0.1) is 0 Å². The van der Waals surface area contributed by atoms with Gasteiger partial charge >= 0.3 is 0 Å². The molecule has 0 aliphatic heterocycles. The molecule has 0 saturated carbocycles. The fourth-order valence-corrected chi connectivity index (χ4v) is 3.06. The Bertz CT molecular complexity index is 476. The molecule has 0 heterocycles. The van der Waals surface area contributed by atoms with E-state index in [1.807, 2.05) is 37.3 Å². The lowest BCUT2D eigenvalue weighted by Crippen LogP contribution is -2.49. The van der Waals surface area contributed by atoms with E-state index in [0.717, 1.165) is 5.56 Å². The summed E-state index contributed by atoms with van der Waals surface area (Å²) in [6.07, 6.45) is 0. The van der Waals surface area contributed by atoms with Crippen LogP contribution in [0.25, 0.3) is 0 Å². The van der Waals surface area contributed by atoms with Crippen molar-refractivity contribution < 1.29 is 13.2 Å². The third kappa shape index (κ3) is 4.91. The first-order valence-electron chi connectivity index (χ1n) is 6.28. The molecule has 0 aliphatic carbocycles. The average Bonchev–Trinajstić information content (AvgIpc) is 2.39. The molecule has 1 atom stereocenters. The Hall–Kier alpha value is -0.950. The van der Waals surface area contributed by atoms with Crippen molar-refractivity contribution in [2.24, 2.45) is 5.73 Å². The van der Waals surface area contributed by atoms with E-state index in [9.17, 15) is 8.42 Å². The van der Waals surface area contributed by atoms with E-state index in [-0.39, 0.29) is 18.9 Å². The van der Waals surface area contributed by atoms with Gasteiger partial charge in [0.2, 0.25) is 10.0 Å². The second kappa shape index (κ2) is 7.00. The third-order valence-electron chi connectivity index (χ3n) is 2.90. The van der Waals surface area contributed by atoms with Gasteiger partial charge in [0.05, 0.1) is 17.9 Å². The van der Waals surface area contributed by atoms with Crippen molar-refractivity contribution in [1.29, 1.82) is 0 Å². The van der Waals surface area contributed by atoms with Crippen molar-refractivity contribution >= 4 is 10.0 Å². The summed E-state index contributed by atoms with van der Waals surface area (Å²) in [4.78, 5) is 0. The molecule has 108 valence electrons. The normalized spacial score (nSPS) is 15.1. The third-order valence-corrected chi connectivity index (χ3v) is 4.37. The van der Waals surface area contributed by atoms with Crippen molar-refractivity contribution in [3.8, 4) is 0 Å². The van der Waals surface area contributed by atoms with Crippen LogP contribution in [-0.4, -0.2) is 33.9 Å². The van der Waals surface area contributed by atoms with Crippen LogP contribution in [0.4, 0.5) is 0 Å². The van der Waals surface area contributed by atoms with Crippen LogP contribution in [0.5, 0.6) is 0 Å². The van der Waals surface area contributed by atoms with Gasteiger partial charge in [-0.3, -0.25) is 0 Å². The predicted molar refractivity (Wildman–Crippen MR) is 76.3 cm³/mol. The Balaban J connectivity index is 2.81. The number of sulfonamides is 1. The Kier molecular flexibility index (Phi) is 5.93. The van der Waals surface area contributed by atoms with E-state index in [0.29, 0.717) is 6.61 Å². The van der Waals surface area contributed by atoms with Crippen LogP contribution in [0.15, 0.2) is 30.3 Å². The zero-order chi connectivity index (χ0) is 14.4. The molecule has 3 N–H and O–H groups in total. The van der Waals surface area contributed by atoms with Gasteiger partial charge in [0.15, 0.2) is 0 Å². The van der Waals surface area contributed by atoms with E-state index in [2.05, 4.69) is 4.72 Å². The summed E-state index contributed by atoms with van der Waals surface area (Å²) in [5, 5.41) is 0. The minimum absolute atomic E-state index is 0.0662. The Morgan fingerprint density at radius 3 is 2.47 bits per heavy atom. The predicted octanol–water partition coefficient (Wildman–Crippen LogP) is 0.816. The van der Waals surface area contributed by atoms with E-state index < -0.39 is 15.6 Å². The summed E-state index contributed by atoms with van der Waals surface area (Å²) in [6.45, 7) is 4.48. The lowest BCUT2D eigenvalue weighted by molar-refractivity contribution is 0.163. The molecule has 0 amide bonds. The van der Waals surface area contributed by atoms with Crippen molar-refractivity contribution in [2.75, 3.05) is 25.5 Å². The fraction of sp³-hybridized carbons (Fsp3) is 0.538. The number of nitrogens with two attached hydrogens (primary N) is 1. The van der Waals surface area contributed by atoms with Gasteiger partial charge in [0.25, 0.3) is 0 Å². The number of rotatable bonds is 8. The zero-order valence-electron chi connectivity index (χ0n) is 11.4. The van der Waals surface area contributed by atoms with Gasteiger partial charge in [-0.25, -0.2) is 13.1 Å². The maximum Gasteiger partial charge on any atom is 0.214 e. The van der Waals surface area contributed by atoms with Gasteiger partial charge < -0.3 is 10.5 Å². The van der Waals surface area contributed by atoms with Gasteiger partial charge in [-0.15, -0.1) is 0 Å². The highest BCUT2D eigenvalue weighted by atomic mass is 32.2. The minimum Gasteiger partial charge on any atom is -0.381 e. The molecule has 0 saturated heterocycles. The average molecular weight is 286 g/mol. The quantitative estimate of drug-likeness (QED) is 0.693. The highest BCUT2D eigenvalue weighted by molar-refractivity contribution is 7.89. The second-order valence-corrected chi connectivity index (χ2v) is 6.36. The molecule has 1 aromatic carbocycles. The SMILES string of the molecule is CCOCCS(=O)(=O)NC(C)(CN)c1ccccc1. The van der Waals surface area contributed by atoms with Crippen LogP contribution in [-0.2, 0) is 20.3 Å². The number of ether oxygens (including phenoxy) is 1. The molecule has 19 heavy (non-hydrogen) atoms. The van der Waals surface area contributed by atoms with Crippen molar-refractivity contribution in [2.45, 2.75) is 19.4 Å². The first-order valence-corrected chi connectivity index (χ1v) is 7.94. The van der Waals surface area contributed by atoms with Gasteiger partial charge in [-0.05, 0) is 19.4 Å². The van der Waals surface area contributed by atoms with Crippen LogP contribution in [0.1, 0.15) is 19.4 Å². The molecule has 0 radical (unpaired) electrons. The molecule has 0 bridgehead atoms. The van der Waals surface area contributed by atoms with Crippen LogP contribution in [0.2, 0.25) is 0 Å². The molecule has 5 nitrogen and oxygen atoms in total. The molecule has 1 aromatic rings. The molecule has 0 spiro atoms. The highest BCUT2D eigenvalue weighted by Gasteiger charge is 2.29. The van der Waals surface area contributed by atoms with Gasteiger partial charge in [0.1, 0.15) is 0 Å². The van der Waals surface area contributed by atoms with Gasteiger partial charge in [-0.1, -0.05) is 30.3 Å². The van der Waals surface area contributed by atoms with E-state index in [1.54, 1.807) is 6.92 Å². The Labute approximate surface area is 115 Å². The molecule has 1 rings (SSSR count). The molecule has 0 aliphatic rings. The second-order valence-electron chi connectivity index (χ2n) is 4.52. The standard InChI is InChI=1S/C13H22N2O3S/c1-3-18-9-10-19(16,17)15-13(2,11-14)12-7-5-4-6-8-12/h4-8,15H,3,9-11,14H2,1-2H3. The lowest BCUT2D eigenvalue weighted by atomic mass is 9.94. The maximum absolute atomic E-state index is 12.0. The summed E-state index contributed by atoms with van der Waals surface area (Å²) < 4.78 is 31.7. The van der Waals surface area contributed by atoms with Crippen LogP contribution in [0.3, 0.4) is 0 Å². The topological polar surface area (TPSA) is 81.4 Å². The van der Waals surface area contributed by atoms with Crippen molar-refractivity contribution in [1.82, 2.24) is 4.72 Å². The summed E-state index contributed by atoms with van der Waals surface area (Å²) in [6, 6.07) is 9.31. The van der Waals surface area contributed by atoms with Crippen molar-refractivity contribution in [3.63, 3.8) is 0 Å². The zero-order valence-corrected chi connectivity index (χ0v) is 12.2. The maximum atomic E-state index is 12.0. The lowest BCUT2D eigenvalue weighted by Gasteiger charge is -2.29. The minimum atomic E-state index is -3.43. The monoisotopic (exact) mass is 286 g/mol. The molecule has 0 fully saturated rings. The molecular formula is C13H22N2O3S. The largest absolute Gasteiger partial charge is 0.381 e. The summed E-state index contributed by atoms with van der Waals surface area (Å²) in [7, 11) is -3.43. The summed E-state index contributed by atoms with van der Waals surface area (Å²) in [5.74, 6) is -0.0662. The number of hydrogen-bond donors (Lipinski definition) is 2. The highest BCUT2D eigenvalue weighted by Crippen LogP contribution is 2.20. The number of nitrogens with one attached hydrogen (secondary N) is 1. The first-order chi connectivity index (χ1) is 8.93. The molecule has 0 aromatic heterocycles. The smallest absolute Gasteiger partial charge is 0.214 e. The number of hydrogen-bond acceptors (Lipinski definition) is 4. The van der Waals surface area contributed by atoms with E-state index in [1.165, 1.54) is 0 Å². The Morgan fingerprint density at radius 1 is 1.32 bits per heavy atom. The molecular weight excluding hydrogens is 264 g/mol. The van der Waals surface area contributed by atoms with Gasteiger partial charge in [-0.2, -0.15) is 0 Å². The fourth-order valence-electron chi connectivity index (χ4n) is 1.73. The molecule has 1 unspecified atom stereocenters.